The number of carbonyl (C=O) groups excluding carboxylic acids is 2. The SMILES string of the molecule is CCN1[C@H](C)Cc2c(sc(NC(C)=O)c2-c2nc3ccccc3s2)[C@@H]1Cc1ccc2sc(-c3c(NC(C)=O)sc4c3CC(C(F)(F)F)NC4)nc2c1. The van der Waals surface area contributed by atoms with Gasteiger partial charge in [0.2, 0.25) is 11.8 Å². The average Bonchev–Trinajstić information content (AvgIpc) is 3.85. The van der Waals surface area contributed by atoms with E-state index in [-0.39, 0.29) is 36.9 Å². The third kappa shape index (κ3) is 6.45. The van der Waals surface area contributed by atoms with Gasteiger partial charge in [-0.2, -0.15) is 13.2 Å². The molecule has 52 heavy (non-hydrogen) atoms. The Kier molecular flexibility index (Phi) is 9.23. The first-order chi connectivity index (χ1) is 24.9. The second-order valence-corrected chi connectivity index (χ2v) is 17.5. The Morgan fingerprint density at radius 1 is 0.885 bits per heavy atom. The number of benzene rings is 2. The summed E-state index contributed by atoms with van der Waals surface area (Å²) in [6.07, 6.45) is -3.07. The van der Waals surface area contributed by atoms with Crippen LogP contribution in [0.1, 0.15) is 60.2 Å². The maximum atomic E-state index is 13.8. The number of rotatable bonds is 7. The second kappa shape index (κ2) is 13.6. The van der Waals surface area contributed by atoms with E-state index in [9.17, 15) is 22.8 Å². The third-order valence-corrected chi connectivity index (χ3v) is 14.3. The van der Waals surface area contributed by atoms with E-state index in [0.717, 1.165) is 59.4 Å². The number of hydrogen-bond donors (Lipinski definition) is 3. The highest BCUT2D eigenvalue weighted by Gasteiger charge is 2.43. The highest BCUT2D eigenvalue weighted by molar-refractivity contribution is 7.23. The molecule has 3 atom stereocenters. The number of thiazole rings is 2. The molecule has 8 rings (SSSR count). The van der Waals surface area contributed by atoms with Gasteiger partial charge in [-0.15, -0.1) is 45.3 Å². The number of alkyl halides is 3. The lowest BCUT2D eigenvalue weighted by atomic mass is 9.89. The molecule has 2 amide bonds. The summed E-state index contributed by atoms with van der Waals surface area (Å²) in [5.74, 6) is -0.409. The lowest BCUT2D eigenvalue weighted by Gasteiger charge is -2.40. The fourth-order valence-corrected chi connectivity index (χ4v) is 12.3. The number of anilines is 2. The zero-order chi connectivity index (χ0) is 36.5. The molecule has 0 radical (unpaired) electrons. The summed E-state index contributed by atoms with van der Waals surface area (Å²) in [5.41, 5.74) is 6.20. The molecule has 6 heterocycles. The fourth-order valence-electron chi connectivity index (χ4n) is 7.52. The molecular weight excluding hydrogens is 746 g/mol. The predicted molar refractivity (Wildman–Crippen MR) is 207 cm³/mol. The van der Waals surface area contributed by atoms with E-state index in [4.69, 9.17) is 9.97 Å². The molecule has 2 aromatic carbocycles. The molecule has 1 unspecified atom stereocenters. The molecule has 8 nitrogen and oxygen atoms in total. The quantitative estimate of drug-likeness (QED) is 0.149. The number of nitrogens with one attached hydrogen (secondary N) is 3. The Morgan fingerprint density at radius 3 is 2.21 bits per heavy atom. The van der Waals surface area contributed by atoms with Gasteiger partial charge in [-0.05, 0) is 73.7 Å². The van der Waals surface area contributed by atoms with Gasteiger partial charge in [0.15, 0.2) is 0 Å². The Morgan fingerprint density at radius 2 is 1.54 bits per heavy atom. The van der Waals surface area contributed by atoms with Gasteiger partial charge in [0.1, 0.15) is 26.1 Å². The van der Waals surface area contributed by atoms with Gasteiger partial charge < -0.3 is 16.0 Å². The van der Waals surface area contributed by atoms with Crippen molar-refractivity contribution in [2.24, 2.45) is 0 Å². The molecular formula is C37H35F3N6O2S4. The number of nitrogens with zero attached hydrogens (tertiary/aromatic N) is 3. The number of aromatic nitrogens is 2. The average molecular weight is 781 g/mol. The molecule has 0 aliphatic carbocycles. The van der Waals surface area contributed by atoms with E-state index in [1.54, 1.807) is 22.7 Å². The van der Waals surface area contributed by atoms with Gasteiger partial charge in [-0.25, -0.2) is 9.97 Å². The van der Waals surface area contributed by atoms with E-state index < -0.39 is 12.2 Å². The molecule has 6 aromatic rings. The van der Waals surface area contributed by atoms with Crippen LogP contribution >= 0.6 is 45.3 Å². The second-order valence-electron chi connectivity index (χ2n) is 13.3. The number of para-hydroxylation sites is 1. The van der Waals surface area contributed by atoms with Crippen LogP contribution in [-0.2, 0) is 35.4 Å². The van der Waals surface area contributed by atoms with Gasteiger partial charge in [-0.1, -0.05) is 25.1 Å². The lowest BCUT2D eigenvalue weighted by molar-refractivity contribution is -0.157. The maximum absolute atomic E-state index is 13.8. The van der Waals surface area contributed by atoms with Gasteiger partial charge in [0, 0.05) is 53.4 Å². The minimum absolute atomic E-state index is 0.0435. The first kappa shape index (κ1) is 35.3. The van der Waals surface area contributed by atoms with Crippen molar-refractivity contribution in [3.05, 3.63) is 68.9 Å². The van der Waals surface area contributed by atoms with Gasteiger partial charge in [0.05, 0.1) is 20.4 Å². The summed E-state index contributed by atoms with van der Waals surface area (Å²) in [5, 5.41) is 11.4. The number of halogens is 3. The molecule has 2 aliphatic rings. The van der Waals surface area contributed by atoms with Gasteiger partial charge >= 0.3 is 6.18 Å². The number of likely N-dealkylation sites (N-methyl/N-ethyl adjacent to an activating group) is 1. The lowest BCUT2D eigenvalue weighted by Crippen LogP contribution is -2.46. The molecule has 0 bridgehead atoms. The van der Waals surface area contributed by atoms with Crippen LogP contribution in [0.2, 0.25) is 0 Å². The minimum Gasteiger partial charge on any atom is -0.317 e. The molecule has 0 spiro atoms. The van der Waals surface area contributed by atoms with Crippen LogP contribution in [0.5, 0.6) is 0 Å². The van der Waals surface area contributed by atoms with Crippen molar-refractivity contribution in [3.63, 3.8) is 0 Å². The van der Waals surface area contributed by atoms with Gasteiger partial charge in [-0.3, -0.25) is 14.5 Å². The monoisotopic (exact) mass is 780 g/mol. The van der Waals surface area contributed by atoms with Crippen molar-refractivity contribution in [2.75, 3.05) is 17.2 Å². The van der Waals surface area contributed by atoms with Crippen molar-refractivity contribution in [1.82, 2.24) is 20.2 Å². The van der Waals surface area contributed by atoms with E-state index in [1.807, 2.05) is 24.3 Å². The Hall–Kier alpha value is -3.73. The molecule has 270 valence electrons. The maximum Gasteiger partial charge on any atom is 0.404 e. The standard InChI is InChI=1S/C37H35F3N6O2S4/c1-5-46-17(2)12-22-31(36-44-23-8-6-7-9-26(23)49-36)34(43-19(4)48)52-32(22)25(46)14-20-10-11-27-24(13-20)45-35(50-27)30-21-15-29(37(38,39)40)41-16-28(21)51-33(30)42-18(3)47/h6-11,13,17,25,29,41H,5,12,14-16H2,1-4H3,(H,42,47)(H,43,48)/t17-,25+,29?/m1/s1. The van der Waals surface area contributed by atoms with Crippen molar-refractivity contribution in [1.29, 1.82) is 0 Å². The molecule has 0 saturated carbocycles. The normalized spacial score (nSPS) is 19.2. The van der Waals surface area contributed by atoms with Crippen LogP contribution in [0.25, 0.3) is 41.6 Å². The number of hydrogen-bond acceptors (Lipinski definition) is 10. The van der Waals surface area contributed by atoms with Crippen LogP contribution in [0, 0.1) is 0 Å². The number of fused-ring (bicyclic) bond motifs is 4. The summed E-state index contributed by atoms with van der Waals surface area (Å²) < 4.78 is 43.4. The van der Waals surface area contributed by atoms with E-state index in [2.05, 4.69) is 52.9 Å². The topological polar surface area (TPSA) is 99.3 Å². The van der Waals surface area contributed by atoms with Crippen LogP contribution in [-0.4, -0.2) is 51.5 Å². The van der Waals surface area contributed by atoms with Crippen LogP contribution in [0.15, 0.2) is 42.5 Å². The molecule has 0 fully saturated rings. The van der Waals surface area contributed by atoms with Crippen molar-refractivity contribution < 1.29 is 22.8 Å². The Balaban J connectivity index is 1.18. The Bertz CT molecular complexity index is 2320. The van der Waals surface area contributed by atoms with Crippen LogP contribution < -0.4 is 16.0 Å². The number of thiophene rings is 2. The first-order valence-corrected chi connectivity index (χ1v) is 20.3. The van der Waals surface area contributed by atoms with Gasteiger partial charge in [0.25, 0.3) is 0 Å². The third-order valence-electron chi connectivity index (χ3n) is 9.76. The number of amides is 2. The predicted octanol–water partition coefficient (Wildman–Crippen LogP) is 9.41. The highest BCUT2D eigenvalue weighted by Crippen LogP contribution is 2.51. The summed E-state index contributed by atoms with van der Waals surface area (Å²) in [7, 11) is 0. The van der Waals surface area contributed by atoms with Crippen molar-refractivity contribution in [2.45, 2.75) is 77.8 Å². The zero-order valence-corrected chi connectivity index (χ0v) is 32.0. The van der Waals surface area contributed by atoms with E-state index in [1.165, 1.54) is 47.0 Å². The molecule has 15 heteroatoms. The van der Waals surface area contributed by atoms with Crippen molar-refractivity contribution >= 4 is 87.6 Å². The van der Waals surface area contributed by atoms with Crippen molar-refractivity contribution in [3.8, 4) is 21.1 Å². The number of carbonyl (C=O) groups is 2. The molecule has 4 aromatic heterocycles. The molecule has 0 saturated heterocycles. The smallest absolute Gasteiger partial charge is 0.317 e. The Labute approximate surface area is 314 Å². The van der Waals surface area contributed by atoms with E-state index in [0.29, 0.717) is 27.6 Å². The molecule has 3 N–H and O–H groups in total. The summed E-state index contributed by atoms with van der Waals surface area (Å²) in [6.45, 7) is 8.28. The summed E-state index contributed by atoms with van der Waals surface area (Å²) in [6, 6.07) is 12.9. The summed E-state index contributed by atoms with van der Waals surface area (Å²) in [4.78, 5) is 39.1. The van der Waals surface area contributed by atoms with Crippen LogP contribution in [0.3, 0.4) is 0 Å². The van der Waals surface area contributed by atoms with Crippen LogP contribution in [0.4, 0.5) is 23.2 Å². The zero-order valence-electron chi connectivity index (χ0n) is 28.7. The first-order valence-electron chi connectivity index (χ1n) is 17.0. The minimum atomic E-state index is -4.39. The largest absolute Gasteiger partial charge is 0.404 e. The summed E-state index contributed by atoms with van der Waals surface area (Å²) >= 11 is 6.00. The highest BCUT2D eigenvalue weighted by atomic mass is 32.1. The fraction of sp³-hybridized carbons (Fsp3) is 0.351. The molecule has 2 aliphatic heterocycles. The van der Waals surface area contributed by atoms with E-state index >= 15 is 0 Å².